The first kappa shape index (κ1) is 36.8. The molecule has 10 aromatic carbocycles. The quantitative estimate of drug-likeness (QED) is 0.130. The summed E-state index contributed by atoms with van der Waals surface area (Å²) in [6.45, 7) is 6.87. The van der Waals surface area contributed by atoms with E-state index in [0.717, 1.165) is 56.2 Å². The van der Waals surface area contributed by atoms with E-state index in [0.29, 0.717) is 0 Å². The molecule has 0 radical (unpaired) electrons. The minimum Gasteiger partial charge on any atom is -0.458 e. The average molecular weight is 820 g/mol. The fraction of sp³-hybridized carbons (Fsp3) is 0.0667. The highest BCUT2D eigenvalue weighted by Gasteiger charge is 2.40. The van der Waals surface area contributed by atoms with E-state index in [1.165, 1.54) is 71.2 Å². The molecule has 302 valence electrons. The van der Waals surface area contributed by atoms with Crippen LogP contribution in [0.2, 0.25) is 0 Å². The number of ether oxygens (including phenoxy) is 2. The summed E-state index contributed by atoms with van der Waals surface area (Å²) in [6, 6.07) is 72.8. The normalized spacial score (nSPS) is 12.8. The lowest BCUT2D eigenvalue weighted by Gasteiger charge is -2.33. The Morgan fingerprint density at radius 2 is 0.859 bits per heavy atom. The van der Waals surface area contributed by atoms with Gasteiger partial charge in [-0.25, -0.2) is 0 Å². The summed E-state index contributed by atoms with van der Waals surface area (Å²) in [6.07, 6.45) is 0. The first-order valence-corrected chi connectivity index (χ1v) is 22.3. The fourth-order valence-electron chi connectivity index (χ4n) is 10.7. The number of nitrogens with zero attached hydrogens (tertiary/aromatic N) is 1. The lowest BCUT2D eigenvalue weighted by atomic mass is 9.35. The number of benzene rings is 10. The van der Waals surface area contributed by atoms with Crippen LogP contribution in [0.5, 0.6) is 23.0 Å². The molecule has 2 aliphatic rings. The van der Waals surface area contributed by atoms with Crippen LogP contribution >= 0.6 is 0 Å². The molecule has 64 heavy (non-hydrogen) atoms. The second kappa shape index (κ2) is 13.8. The summed E-state index contributed by atoms with van der Waals surface area (Å²) in [5, 5.41) is 7.43. The molecule has 0 spiro atoms. The van der Waals surface area contributed by atoms with E-state index in [2.05, 4.69) is 226 Å². The number of para-hydroxylation sites is 3. The molecule has 0 fully saturated rings. The van der Waals surface area contributed by atoms with Gasteiger partial charge in [0.2, 0.25) is 0 Å². The highest BCUT2D eigenvalue weighted by atomic mass is 16.5. The maximum absolute atomic E-state index is 7.15. The van der Waals surface area contributed by atoms with Gasteiger partial charge < -0.3 is 14.0 Å². The Balaban J connectivity index is 1.02. The Morgan fingerprint density at radius 1 is 0.375 bits per heavy atom. The smallest absolute Gasteiger partial charge is 0.260 e. The van der Waals surface area contributed by atoms with Crippen LogP contribution in [0, 0.1) is 0 Å². The number of fused-ring (bicyclic) bond motifs is 9. The summed E-state index contributed by atoms with van der Waals surface area (Å²) >= 11 is 0. The van der Waals surface area contributed by atoms with E-state index in [-0.39, 0.29) is 12.1 Å². The van der Waals surface area contributed by atoms with Crippen LogP contribution in [0.4, 0.5) is 0 Å². The zero-order valence-corrected chi connectivity index (χ0v) is 35.9. The van der Waals surface area contributed by atoms with Gasteiger partial charge in [0.25, 0.3) is 6.71 Å². The Kier molecular flexibility index (Phi) is 7.96. The van der Waals surface area contributed by atoms with Gasteiger partial charge in [-0.15, -0.1) is 0 Å². The molecule has 0 aliphatic carbocycles. The third kappa shape index (κ3) is 5.55. The number of hydrogen-bond donors (Lipinski definition) is 0. The van der Waals surface area contributed by atoms with Crippen molar-refractivity contribution in [2.75, 3.05) is 0 Å². The Labute approximate surface area is 372 Å². The molecular weight excluding hydrogens is 777 g/mol. The zero-order valence-electron chi connectivity index (χ0n) is 35.9. The van der Waals surface area contributed by atoms with Gasteiger partial charge in [-0.2, -0.15) is 0 Å². The molecule has 11 aromatic rings. The van der Waals surface area contributed by atoms with Crippen molar-refractivity contribution in [3.05, 3.63) is 206 Å². The van der Waals surface area contributed by atoms with E-state index < -0.39 is 0 Å². The standard InChI is InChI=1S/C60H42BNO2/c1-60(2,3)41-32-38(31-40(33-41)58-47-23-9-7-21-45(47)57(37-17-5-4-6-18-37)46-22-8-10-24-48(46)58)39-34-55-59-56(35-39)64-54-36-42(29-30-50(54)61(59)49-25-13-16-28-53(49)63-55)62-51-26-14-11-19-43(51)44-20-12-15-27-52(44)62/h4-36H,1-3H3. The van der Waals surface area contributed by atoms with Crippen molar-refractivity contribution in [1.82, 2.24) is 4.57 Å². The maximum atomic E-state index is 7.15. The first-order valence-electron chi connectivity index (χ1n) is 22.3. The van der Waals surface area contributed by atoms with Crippen LogP contribution in [-0.2, 0) is 5.41 Å². The van der Waals surface area contributed by atoms with Crippen molar-refractivity contribution in [1.29, 1.82) is 0 Å². The summed E-state index contributed by atoms with van der Waals surface area (Å²) in [4.78, 5) is 0. The number of hydrogen-bond acceptors (Lipinski definition) is 2. The highest BCUT2D eigenvalue weighted by molar-refractivity contribution is 6.98. The molecule has 0 unspecified atom stereocenters. The molecule has 2 aliphatic heterocycles. The van der Waals surface area contributed by atoms with Crippen LogP contribution in [-0.4, -0.2) is 11.3 Å². The van der Waals surface area contributed by atoms with Crippen LogP contribution in [0.3, 0.4) is 0 Å². The maximum Gasteiger partial charge on any atom is 0.260 e. The minimum atomic E-state index is -0.123. The number of aromatic nitrogens is 1. The van der Waals surface area contributed by atoms with Gasteiger partial charge in [-0.3, -0.25) is 0 Å². The first-order chi connectivity index (χ1) is 31.4. The second-order valence-electron chi connectivity index (χ2n) is 18.4. The van der Waals surface area contributed by atoms with E-state index in [9.17, 15) is 0 Å². The van der Waals surface area contributed by atoms with E-state index in [1.807, 2.05) is 0 Å². The molecule has 13 rings (SSSR count). The van der Waals surface area contributed by atoms with Crippen molar-refractivity contribution >= 4 is 66.5 Å². The van der Waals surface area contributed by atoms with Crippen LogP contribution in [0.1, 0.15) is 26.3 Å². The largest absolute Gasteiger partial charge is 0.458 e. The van der Waals surface area contributed by atoms with E-state index in [1.54, 1.807) is 0 Å². The fourth-order valence-corrected chi connectivity index (χ4v) is 10.7. The number of rotatable bonds is 4. The van der Waals surface area contributed by atoms with Gasteiger partial charge in [-0.1, -0.05) is 172 Å². The third-order valence-electron chi connectivity index (χ3n) is 13.6. The molecule has 1 aromatic heterocycles. The lowest BCUT2D eigenvalue weighted by molar-refractivity contribution is 0.465. The van der Waals surface area contributed by atoms with Gasteiger partial charge >= 0.3 is 0 Å². The van der Waals surface area contributed by atoms with Crippen LogP contribution in [0.25, 0.3) is 82.4 Å². The zero-order chi connectivity index (χ0) is 42.7. The SMILES string of the molecule is CC(C)(C)c1cc(-c2cc3c4c(c2)Oc2cc(-n5c6ccccc6c6ccccc65)ccc2B4c2ccccc2O3)cc(-c2c3ccccc3c(-c3ccccc3)c3ccccc23)c1. The van der Waals surface area contributed by atoms with E-state index >= 15 is 0 Å². The van der Waals surface area contributed by atoms with Gasteiger partial charge in [0, 0.05) is 28.0 Å². The molecule has 4 heteroatoms. The van der Waals surface area contributed by atoms with Crippen molar-refractivity contribution in [2.45, 2.75) is 26.2 Å². The molecule has 0 bridgehead atoms. The molecule has 0 N–H and O–H groups in total. The Bertz CT molecular complexity index is 3620. The molecule has 3 nitrogen and oxygen atoms in total. The van der Waals surface area contributed by atoms with Crippen molar-refractivity contribution in [3.63, 3.8) is 0 Å². The molecule has 0 amide bonds. The van der Waals surface area contributed by atoms with Gasteiger partial charge in [-0.05, 0) is 119 Å². The van der Waals surface area contributed by atoms with Crippen molar-refractivity contribution in [3.8, 4) is 62.1 Å². The van der Waals surface area contributed by atoms with Gasteiger partial charge in [0.15, 0.2) is 0 Å². The predicted octanol–water partition coefficient (Wildman–Crippen LogP) is 14.1. The van der Waals surface area contributed by atoms with E-state index in [4.69, 9.17) is 9.47 Å². The summed E-state index contributed by atoms with van der Waals surface area (Å²) < 4.78 is 16.4. The predicted molar refractivity (Wildman–Crippen MR) is 268 cm³/mol. The van der Waals surface area contributed by atoms with Gasteiger partial charge in [0.1, 0.15) is 23.0 Å². The average Bonchev–Trinajstić information content (AvgIpc) is 3.67. The Morgan fingerprint density at radius 3 is 1.48 bits per heavy atom. The molecule has 0 atom stereocenters. The molecular formula is C60H42BNO2. The minimum absolute atomic E-state index is 0.0442. The highest BCUT2D eigenvalue weighted by Crippen LogP contribution is 2.47. The summed E-state index contributed by atoms with van der Waals surface area (Å²) in [5.74, 6) is 3.39. The summed E-state index contributed by atoms with van der Waals surface area (Å²) in [7, 11) is 0. The Hall–Kier alpha value is -7.82. The monoisotopic (exact) mass is 819 g/mol. The third-order valence-corrected chi connectivity index (χ3v) is 13.6. The van der Waals surface area contributed by atoms with Gasteiger partial charge in [0.05, 0.1) is 11.0 Å². The molecule has 0 saturated heterocycles. The lowest BCUT2D eigenvalue weighted by Crippen LogP contribution is -2.57. The molecule has 3 heterocycles. The van der Waals surface area contributed by atoms with Crippen LogP contribution in [0.15, 0.2) is 200 Å². The van der Waals surface area contributed by atoms with Crippen molar-refractivity contribution < 1.29 is 9.47 Å². The van der Waals surface area contributed by atoms with Crippen LogP contribution < -0.4 is 25.9 Å². The summed E-state index contributed by atoms with van der Waals surface area (Å²) in [5.41, 5.74) is 15.0. The molecule has 0 saturated carbocycles. The topological polar surface area (TPSA) is 23.4 Å². The second-order valence-corrected chi connectivity index (χ2v) is 18.4. The van der Waals surface area contributed by atoms with Crippen molar-refractivity contribution in [2.24, 2.45) is 0 Å².